The van der Waals surface area contributed by atoms with E-state index in [0.717, 1.165) is 0 Å². The van der Waals surface area contributed by atoms with Crippen LogP contribution in [-0.2, 0) is 6.54 Å². The fourth-order valence-corrected chi connectivity index (χ4v) is 4.85. The minimum atomic E-state index is -0.743. The first kappa shape index (κ1) is 26.3. The highest BCUT2D eigenvalue weighted by Gasteiger charge is 2.33. The molecule has 202 valence electrons. The molecule has 0 aliphatic carbocycles. The number of amides is 1. The normalized spacial score (nSPS) is 12.5. The number of carbonyl (C=O) groups is 1. The van der Waals surface area contributed by atoms with Gasteiger partial charge in [-0.15, -0.1) is 0 Å². The van der Waals surface area contributed by atoms with Crippen LogP contribution in [0.15, 0.2) is 68.6 Å². The van der Waals surface area contributed by atoms with Crippen molar-refractivity contribution in [2.45, 2.75) is 33.4 Å². The van der Waals surface area contributed by atoms with Crippen LogP contribution in [0.1, 0.15) is 47.2 Å². The van der Waals surface area contributed by atoms with E-state index in [1.165, 1.54) is 46.3 Å². The maximum atomic E-state index is 14.4. The summed E-state index contributed by atoms with van der Waals surface area (Å²) in [7, 11) is 0. The van der Waals surface area contributed by atoms with Crippen LogP contribution in [0.2, 0.25) is 0 Å². The molecule has 0 unspecified atom stereocenters. The monoisotopic (exact) mass is 534 g/mol. The van der Waals surface area contributed by atoms with Gasteiger partial charge in [0.05, 0.1) is 25.1 Å². The lowest BCUT2D eigenvalue weighted by Gasteiger charge is -2.35. The number of hydrogen-bond donors (Lipinski definition) is 1. The van der Waals surface area contributed by atoms with Gasteiger partial charge in [-0.3, -0.25) is 14.2 Å². The van der Waals surface area contributed by atoms with Crippen molar-refractivity contribution in [3.8, 4) is 0 Å². The third-order valence-electron chi connectivity index (χ3n) is 6.77. The van der Waals surface area contributed by atoms with Gasteiger partial charge in [-0.1, -0.05) is 19.9 Å². The Hall–Kier alpha value is -4.31. The number of halogens is 2. The van der Waals surface area contributed by atoms with Gasteiger partial charge in [0.2, 0.25) is 5.58 Å². The van der Waals surface area contributed by atoms with Crippen molar-refractivity contribution in [2.24, 2.45) is 11.7 Å². The predicted octanol–water partition coefficient (Wildman–Crippen LogP) is 5.17. The number of nitrogens with two attached hydrogens (primary N) is 1. The number of carbonyl (C=O) groups excluding carboxylic acids is 1. The molecule has 3 aromatic heterocycles. The molecule has 8 nitrogen and oxygen atoms in total. The highest BCUT2D eigenvalue weighted by Crippen LogP contribution is 2.33. The summed E-state index contributed by atoms with van der Waals surface area (Å²) in [5.74, 6) is -1.43. The quantitative estimate of drug-likeness (QED) is 0.294. The average molecular weight is 535 g/mol. The summed E-state index contributed by atoms with van der Waals surface area (Å²) >= 11 is 0. The summed E-state index contributed by atoms with van der Waals surface area (Å²) in [5.41, 5.74) is 7.19. The minimum Gasteiger partial charge on any atom is -0.472 e. The minimum absolute atomic E-state index is 0.0253. The number of aromatic nitrogens is 2. The molecular formula is C29H28F2N4O4. The average Bonchev–Trinajstić information content (AvgIpc) is 3.55. The lowest BCUT2D eigenvalue weighted by atomic mass is 9.99. The van der Waals surface area contributed by atoms with E-state index in [2.05, 4.69) is 0 Å². The molecule has 0 saturated heterocycles. The second-order valence-electron chi connectivity index (χ2n) is 9.85. The van der Waals surface area contributed by atoms with Gasteiger partial charge in [0.25, 0.3) is 11.5 Å². The third-order valence-corrected chi connectivity index (χ3v) is 6.77. The Kier molecular flexibility index (Phi) is 7.05. The van der Waals surface area contributed by atoms with Gasteiger partial charge in [0.15, 0.2) is 0 Å². The Morgan fingerprint density at radius 2 is 1.95 bits per heavy atom. The van der Waals surface area contributed by atoms with E-state index in [4.69, 9.17) is 19.6 Å². The second-order valence-corrected chi connectivity index (χ2v) is 9.85. The molecule has 0 saturated carbocycles. The van der Waals surface area contributed by atoms with Gasteiger partial charge in [0.1, 0.15) is 28.6 Å². The molecule has 39 heavy (non-hydrogen) atoms. The molecule has 0 aliphatic rings. The number of benzene rings is 2. The predicted molar refractivity (Wildman–Crippen MR) is 142 cm³/mol. The maximum Gasteiger partial charge on any atom is 0.297 e. The summed E-state index contributed by atoms with van der Waals surface area (Å²) in [5, 5.41) is 0.346. The van der Waals surface area contributed by atoms with Gasteiger partial charge >= 0.3 is 0 Å². The lowest BCUT2D eigenvalue weighted by molar-refractivity contribution is 0.0612. The molecule has 2 aromatic carbocycles. The Morgan fingerprint density at radius 1 is 1.15 bits per heavy atom. The molecular weight excluding hydrogens is 506 g/mol. The van der Waals surface area contributed by atoms with Crippen LogP contribution in [0.4, 0.5) is 8.78 Å². The SMILES string of the molecule is Cc1ccc(C(=O)N(CCN)[C@@H](c2nc3c(oc4ccc(F)cc43)c(=O)n2Cc2ccoc2)C(C)C)cc1F. The molecule has 10 heteroatoms. The van der Waals surface area contributed by atoms with Crippen molar-refractivity contribution in [3.63, 3.8) is 0 Å². The molecule has 0 spiro atoms. The molecule has 5 rings (SSSR count). The highest BCUT2D eigenvalue weighted by atomic mass is 19.1. The zero-order valence-corrected chi connectivity index (χ0v) is 21.8. The van der Waals surface area contributed by atoms with Crippen molar-refractivity contribution < 1.29 is 22.4 Å². The number of aryl methyl sites for hydroxylation is 1. The van der Waals surface area contributed by atoms with Crippen LogP contribution in [0.5, 0.6) is 0 Å². The molecule has 0 radical (unpaired) electrons. The van der Waals surface area contributed by atoms with Gasteiger partial charge in [0, 0.05) is 29.6 Å². The van der Waals surface area contributed by atoms with E-state index in [0.29, 0.717) is 22.1 Å². The van der Waals surface area contributed by atoms with Crippen LogP contribution >= 0.6 is 0 Å². The van der Waals surface area contributed by atoms with E-state index in [9.17, 15) is 18.4 Å². The highest BCUT2D eigenvalue weighted by molar-refractivity contribution is 6.02. The zero-order chi connectivity index (χ0) is 27.8. The molecule has 1 atom stereocenters. The molecule has 0 bridgehead atoms. The Bertz CT molecular complexity index is 1720. The first-order valence-corrected chi connectivity index (χ1v) is 12.6. The molecule has 2 N–H and O–H groups in total. The van der Waals surface area contributed by atoms with E-state index < -0.39 is 29.1 Å². The van der Waals surface area contributed by atoms with Crippen LogP contribution in [0, 0.1) is 24.5 Å². The van der Waals surface area contributed by atoms with Gasteiger partial charge in [-0.2, -0.15) is 0 Å². The number of hydrogen-bond acceptors (Lipinski definition) is 6. The zero-order valence-electron chi connectivity index (χ0n) is 21.8. The van der Waals surface area contributed by atoms with Gasteiger partial charge in [-0.05, 0) is 54.8 Å². The molecule has 1 amide bonds. The topological polar surface area (TPSA) is 108 Å². The Morgan fingerprint density at radius 3 is 2.62 bits per heavy atom. The van der Waals surface area contributed by atoms with Gasteiger partial charge < -0.3 is 19.5 Å². The van der Waals surface area contributed by atoms with Crippen LogP contribution in [-0.4, -0.2) is 33.4 Å². The summed E-state index contributed by atoms with van der Waals surface area (Å²) < 4.78 is 41.1. The maximum absolute atomic E-state index is 14.4. The number of furan rings is 2. The van der Waals surface area contributed by atoms with Crippen LogP contribution < -0.4 is 11.3 Å². The van der Waals surface area contributed by atoms with Crippen molar-refractivity contribution in [2.75, 3.05) is 13.1 Å². The van der Waals surface area contributed by atoms with E-state index in [-0.39, 0.29) is 48.0 Å². The van der Waals surface area contributed by atoms with Crippen LogP contribution in [0.25, 0.3) is 22.1 Å². The first-order chi connectivity index (χ1) is 18.7. The fraction of sp³-hybridized carbons (Fsp3) is 0.276. The Balaban J connectivity index is 1.76. The molecule has 0 fully saturated rings. The second kappa shape index (κ2) is 10.5. The third kappa shape index (κ3) is 4.83. The van der Waals surface area contributed by atoms with Crippen LogP contribution in [0.3, 0.4) is 0 Å². The summed E-state index contributed by atoms with van der Waals surface area (Å²) in [6.45, 7) is 5.73. The van der Waals surface area contributed by atoms with Crippen molar-refractivity contribution in [3.05, 3.63) is 99.5 Å². The molecule has 5 aromatic rings. The smallest absolute Gasteiger partial charge is 0.297 e. The summed E-state index contributed by atoms with van der Waals surface area (Å²) in [4.78, 5) is 34.0. The largest absolute Gasteiger partial charge is 0.472 e. The van der Waals surface area contributed by atoms with Gasteiger partial charge in [-0.25, -0.2) is 13.8 Å². The summed E-state index contributed by atoms with van der Waals surface area (Å²) in [6.07, 6.45) is 3.00. The lowest BCUT2D eigenvalue weighted by Crippen LogP contribution is -2.43. The molecule has 3 heterocycles. The first-order valence-electron chi connectivity index (χ1n) is 12.6. The van der Waals surface area contributed by atoms with E-state index in [1.54, 1.807) is 25.1 Å². The Labute approximate surface area is 222 Å². The number of rotatable bonds is 8. The molecule has 0 aliphatic heterocycles. The number of fused-ring (bicyclic) bond motifs is 3. The fourth-order valence-electron chi connectivity index (χ4n) is 4.85. The van der Waals surface area contributed by atoms with Crippen molar-refractivity contribution in [1.29, 1.82) is 0 Å². The number of nitrogens with zero attached hydrogens (tertiary/aromatic N) is 3. The van der Waals surface area contributed by atoms with E-state index in [1.807, 2.05) is 13.8 Å². The summed E-state index contributed by atoms with van der Waals surface area (Å²) in [6, 6.07) is 9.23. The van der Waals surface area contributed by atoms with Crippen molar-refractivity contribution >= 4 is 28.0 Å². The van der Waals surface area contributed by atoms with Crippen molar-refractivity contribution in [1.82, 2.24) is 14.5 Å². The van der Waals surface area contributed by atoms with E-state index >= 15 is 0 Å². The standard InChI is InChI=1S/C29H28F2N4O4/c1-16(2)25(34(10-9-32)28(36)19-5-4-17(3)22(31)12-19)27-33-24-21-13-20(30)6-7-23(21)39-26(24)29(37)35(27)14-18-8-11-38-15-18/h4-8,11-13,15-16,25H,9-10,14,32H2,1-3H3/t25-/m1/s1.